The molecule has 68 valence electrons. The van der Waals surface area contributed by atoms with Crippen molar-refractivity contribution in [3.63, 3.8) is 0 Å². The van der Waals surface area contributed by atoms with Crippen molar-refractivity contribution in [2.24, 2.45) is 11.3 Å². The highest BCUT2D eigenvalue weighted by Crippen LogP contribution is 2.35. The molecule has 0 fully saturated rings. The van der Waals surface area contributed by atoms with E-state index in [1.54, 1.807) is 0 Å². The Morgan fingerprint density at radius 1 is 1.42 bits per heavy atom. The summed E-state index contributed by atoms with van der Waals surface area (Å²) in [4.78, 5) is 0. The van der Waals surface area contributed by atoms with Crippen molar-refractivity contribution in [2.45, 2.75) is 40.5 Å². The van der Waals surface area contributed by atoms with Crippen molar-refractivity contribution in [1.82, 2.24) is 0 Å². The van der Waals surface area contributed by atoms with Gasteiger partial charge in [0.25, 0.3) is 0 Å². The lowest BCUT2D eigenvalue weighted by Crippen LogP contribution is -2.17. The van der Waals surface area contributed by atoms with Gasteiger partial charge >= 0.3 is 0 Å². The van der Waals surface area contributed by atoms with E-state index in [0.29, 0.717) is 11.3 Å². The zero-order valence-electron chi connectivity index (χ0n) is 8.72. The molecule has 0 radical (unpaired) electrons. The van der Waals surface area contributed by atoms with E-state index in [1.165, 1.54) is 18.4 Å². The molecule has 1 rings (SSSR count). The number of hydrogen-bond acceptors (Lipinski definition) is 0. The maximum Gasteiger partial charge on any atom is -0.00458 e. The van der Waals surface area contributed by atoms with E-state index in [2.05, 4.69) is 45.9 Å². The van der Waals surface area contributed by atoms with Crippen LogP contribution in [0.3, 0.4) is 0 Å². The molecule has 0 amide bonds. The fourth-order valence-corrected chi connectivity index (χ4v) is 1.89. The van der Waals surface area contributed by atoms with Crippen LogP contribution in [0, 0.1) is 11.3 Å². The van der Waals surface area contributed by atoms with Crippen molar-refractivity contribution in [1.29, 1.82) is 0 Å². The van der Waals surface area contributed by atoms with Crippen molar-refractivity contribution in [2.75, 3.05) is 0 Å². The SMILES string of the molecule is CC(C)=CC1C=CCC(C)(C)C1. The van der Waals surface area contributed by atoms with Crippen LogP contribution in [0.15, 0.2) is 23.8 Å². The van der Waals surface area contributed by atoms with Crippen LogP contribution in [0.5, 0.6) is 0 Å². The molecule has 0 aromatic heterocycles. The van der Waals surface area contributed by atoms with E-state index in [4.69, 9.17) is 0 Å². The number of rotatable bonds is 1. The van der Waals surface area contributed by atoms with Gasteiger partial charge in [-0.1, -0.05) is 37.6 Å². The molecule has 0 N–H and O–H groups in total. The minimum absolute atomic E-state index is 0.505. The van der Waals surface area contributed by atoms with E-state index in [0.717, 1.165) is 0 Å². The summed E-state index contributed by atoms with van der Waals surface area (Å²) in [5, 5.41) is 0. The minimum atomic E-state index is 0.505. The van der Waals surface area contributed by atoms with Gasteiger partial charge in [-0.25, -0.2) is 0 Å². The Bertz CT molecular complexity index is 202. The van der Waals surface area contributed by atoms with E-state index in [1.807, 2.05) is 0 Å². The average molecular weight is 164 g/mol. The molecule has 0 saturated heterocycles. The standard InChI is InChI=1S/C12H20/c1-10(2)8-11-6-5-7-12(3,4)9-11/h5-6,8,11H,7,9H2,1-4H3. The van der Waals surface area contributed by atoms with Crippen molar-refractivity contribution in [3.8, 4) is 0 Å². The normalized spacial score (nSPS) is 26.8. The quantitative estimate of drug-likeness (QED) is 0.515. The highest BCUT2D eigenvalue weighted by molar-refractivity contribution is 5.10. The lowest BCUT2D eigenvalue weighted by molar-refractivity contribution is 0.301. The Balaban J connectivity index is 2.65. The molecule has 1 atom stereocenters. The van der Waals surface area contributed by atoms with Crippen LogP contribution in [0.4, 0.5) is 0 Å². The Morgan fingerprint density at radius 3 is 2.58 bits per heavy atom. The highest BCUT2D eigenvalue weighted by atomic mass is 14.3. The highest BCUT2D eigenvalue weighted by Gasteiger charge is 2.22. The first-order valence-corrected chi connectivity index (χ1v) is 4.81. The van der Waals surface area contributed by atoms with Crippen LogP contribution in [0.2, 0.25) is 0 Å². The van der Waals surface area contributed by atoms with Gasteiger partial charge in [0.1, 0.15) is 0 Å². The molecule has 0 bridgehead atoms. The monoisotopic (exact) mass is 164 g/mol. The summed E-state index contributed by atoms with van der Waals surface area (Å²) in [6.07, 6.45) is 9.58. The van der Waals surface area contributed by atoms with Crippen molar-refractivity contribution in [3.05, 3.63) is 23.8 Å². The van der Waals surface area contributed by atoms with Gasteiger partial charge in [-0.15, -0.1) is 0 Å². The zero-order valence-corrected chi connectivity index (χ0v) is 8.72. The summed E-state index contributed by atoms with van der Waals surface area (Å²) in [6, 6.07) is 0. The van der Waals surface area contributed by atoms with Gasteiger partial charge in [0, 0.05) is 0 Å². The van der Waals surface area contributed by atoms with Gasteiger partial charge in [-0.3, -0.25) is 0 Å². The second-order valence-electron chi connectivity index (χ2n) is 4.91. The Kier molecular flexibility index (Phi) is 2.76. The maximum atomic E-state index is 2.37. The topological polar surface area (TPSA) is 0 Å². The van der Waals surface area contributed by atoms with E-state index in [-0.39, 0.29) is 0 Å². The van der Waals surface area contributed by atoms with Gasteiger partial charge in [0.2, 0.25) is 0 Å². The molecule has 0 aromatic rings. The van der Waals surface area contributed by atoms with Crippen LogP contribution in [0.25, 0.3) is 0 Å². The van der Waals surface area contributed by atoms with Gasteiger partial charge in [0.15, 0.2) is 0 Å². The first-order valence-electron chi connectivity index (χ1n) is 4.81. The van der Waals surface area contributed by atoms with Gasteiger partial charge in [-0.2, -0.15) is 0 Å². The molecular weight excluding hydrogens is 144 g/mol. The third-order valence-corrected chi connectivity index (χ3v) is 2.39. The van der Waals surface area contributed by atoms with E-state index < -0.39 is 0 Å². The number of allylic oxidation sites excluding steroid dienone is 4. The van der Waals surface area contributed by atoms with Gasteiger partial charge in [0.05, 0.1) is 0 Å². The predicted molar refractivity (Wildman–Crippen MR) is 55.1 cm³/mol. The molecule has 0 aliphatic heterocycles. The molecule has 12 heavy (non-hydrogen) atoms. The average Bonchev–Trinajstić information content (AvgIpc) is 1.82. The molecule has 0 nitrogen and oxygen atoms in total. The van der Waals surface area contributed by atoms with E-state index in [9.17, 15) is 0 Å². The summed E-state index contributed by atoms with van der Waals surface area (Å²) < 4.78 is 0. The van der Waals surface area contributed by atoms with Crippen LogP contribution in [-0.4, -0.2) is 0 Å². The largest absolute Gasteiger partial charge is 0.0874 e. The predicted octanol–water partition coefficient (Wildman–Crippen LogP) is 3.95. The van der Waals surface area contributed by atoms with Crippen LogP contribution >= 0.6 is 0 Å². The molecule has 0 heterocycles. The lowest BCUT2D eigenvalue weighted by Gasteiger charge is -2.30. The fraction of sp³-hybridized carbons (Fsp3) is 0.667. The molecule has 1 aliphatic rings. The lowest BCUT2D eigenvalue weighted by atomic mass is 9.76. The second-order valence-corrected chi connectivity index (χ2v) is 4.91. The van der Waals surface area contributed by atoms with Crippen LogP contribution in [-0.2, 0) is 0 Å². The molecular formula is C12H20. The summed E-state index contributed by atoms with van der Waals surface area (Å²) in [5.41, 5.74) is 1.94. The Labute approximate surface area is 76.4 Å². The summed E-state index contributed by atoms with van der Waals surface area (Å²) >= 11 is 0. The third kappa shape index (κ3) is 2.84. The minimum Gasteiger partial charge on any atom is -0.0874 e. The molecule has 0 aromatic carbocycles. The fourth-order valence-electron chi connectivity index (χ4n) is 1.89. The van der Waals surface area contributed by atoms with Crippen LogP contribution < -0.4 is 0 Å². The maximum absolute atomic E-state index is 2.37. The van der Waals surface area contributed by atoms with Crippen LogP contribution in [0.1, 0.15) is 40.5 Å². The summed E-state index contributed by atoms with van der Waals surface area (Å²) in [5.74, 6) is 0.679. The van der Waals surface area contributed by atoms with Crippen molar-refractivity contribution >= 4 is 0 Å². The number of hydrogen-bond donors (Lipinski definition) is 0. The Hall–Kier alpha value is -0.520. The first kappa shape index (κ1) is 9.57. The van der Waals surface area contributed by atoms with Crippen molar-refractivity contribution < 1.29 is 0 Å². The molecule has 1 unspecified atom stereocenters. The van der Waals surface area contributed by atoms with Gasteiger partial charge < -0.3 is 0 Å². The zero-order chi connectivity index (χ0) is 9.19. The Morgan fingerprint density at radius 2 is 2.08 bits per heavy atom. The summed E-state index contributed by atoms with van der Waals surface area (Å²) in [7, 11) is 0. The third-order valence-electron chi connectivity index (χ3n) is 2.39. The van der Waals surface area contributed by atoms with Gasteiger partial charge in [-0.05, 0) is 38.0 Å². The second kappa shape index (κ2) is 3.47. The summed E-state index contributed by atoms with van der Waals surface area (Å²) in [6.45, 7) is 9.05. The van der Waals surface area contributed by atoms with E-state index >= 15 is 0 Å². The molecule has 0 heteroatoms. The smallest absolute Gasteiger partial charge is 0.00458 e. The molecule has 1 aliphatic carbocycles. The molecule has 0 saturated carbocycles. The first-order chi connectivity index (χ1) is 5.49. The molecule has 0 spiro atoms.